The number of aliphatic hydroxyl groups excluding tert-OH is 1. The largest absolute Gasteiger partial charge is 0.396 e. The molecule has 2 aromatic heterocycles. The highest BCUT2D eigenvalue weighted by atomic mass is 32.1. The van der Waals surface area contributed by atoms with Crippen molar-refractivity contribution in [2.75, 3.05) is 13.2 Å². The first kappa shape index (κ1) is 16.0. The van der Waals surface area contributed by atoms with E-state index in [1.54, 1.807) is 0 Å². The Kier molecular flexibility index (Phi) is 4.63. The summed E-state index contributed by atoms with van der Waals surface area (Å²) in [6, 6.07) is 10.3. The van der Waals surface area contributed by atoms with Gasteiger partial charge in [-0.2, -0.15) is 0 Å². The van der Waals surface area contributed by atoms with E-state index < -0.39 is 0 Å². The molecule has 3 heterocycles. The monoisotopic (exact) mass is 330 g/mol. The Morgan fingerprint density at radius 3 is 2.74 bits per heavy atom. The Labute approximate surface area is 142 Å². The summed E-state index contributed by atoms with van der Waals surface area (Å²) < 4.78 is 2.20. The first-order valence-electron chi connectivity index (χ1n) is 7.84. The summed E-state index contributed by atoms with van der Waals surface area (Å²) in [4.78, 5) is 6.68. The van der Waals surface area contributed by atoms with Crippen LogP contribution in [0.15, 0.2) is 36.5 Å². The molecule has 1 aliphatic heterocycles. The van der Waals surface area contributed by atoms with Crippen LogP contribution in [-0.4, -0.2) is 37.8 Å². The molecule has 0 amide bonds. The number of thiocarbonyl (C=S) groups is 1. The Morgan fingerprint density at radius 2 is 2.13 bits per heavy atom. The van der Waals surface area contributed by atoms with Crippen molar-refractivity contribution in [3.8, 4) is 0 Å². The minimum atomic E-state index is 0.00962. The number of nitrogens with one attached hydrogen (secondary N) is 1. The molecule has 0 aromatic carbocycles. The number of hydrogen-bond acceptors (Lipinski definition) is 3. The van der Waals surface area contributed by atoms with Crippen molar-refractivity contribution in [3.05, 3.63) is 53.6 Å². The molecule has 0 spiro atoms. The van der Waals surface area contributed by atoms with Crippen molar-refractivity contribution in [1.29, 1.82) is 0 Å². The van der Waals surface area contributed by atoms with Gasteiger partial charge in [-0.05, 0) is 49.8 Å². The summed E-state index contributed by atoms with van der Waals surface area (Å²) in [6.45, 7) is 2.98. The van der Waals surface area contributed by atoms with Crippen LogP contribution in [0, 0.1) is 6.92 Å². The lowest BCUT2D eigenvalue weighted by Crippen LogP contribution is -2.31. The van der Waals surface area contributed by atoms with Crippen molar-refractivity contribution >= 4 is 17.3 Å². The average Bonchev–Trinajstić information content (AvgIpc) is 3.06. The Morgan fingerprint density at radius 1 is 1.30 bits per heavy atom. The lowest BCUT2D eigenvalue weighted by Gasteiger charge is -2.28. The van der Waals surface area contributed by atoms with E-state index in [-0.39, 0.29) is 18.7 Å². The van der Waals surface area contributed by atoms with Crippen LogP contribution in [0.4, 0.5) is 0 Å². The summed E-state index contributed by atoms with van der Waals surface area (Å²) in [7, 11) is 2.08. The van der Waals surface area contributed by atoms with Gasteiger partial charge in [-0.1, -0.05) is 6.07 Å². The molecule has 5 nitrogen and oxygen atoms in total. The molecule has 0 unspecified atom stereocenters. The highest BCUT2D eigenvalue weighted by molar-refractivity contribution is 7.80. The number of hydrogen-bond donors (Lipinski definition) is 2. The summed E-state index contributed by atoms with van der Waals surface area (Å²) in [5.41, 5.74) is 3.38. The zero-order valence-electron chi connectivity index (χ0n) is 13.4. The van der Waals surface area contributed by atoms with Crippen molar-refractivity contribution in [2.45, 2.75) is 25.4 Å². The van der Waals surface area contributed by atoms with Crippen molar-refractivity contribution < 1.29 is 5.11 Å². The van der Waals surface area contributed by atoms with Crippen LogP contribution in [0.1, 0.15) is 35.6 Å². The maximum absolute atomic E-state index is 9.20. The molecule has 0 saturated carbocycles. The number of aryl methyl sites for hydroxylation is 1. The lowest BCUT2D eigenvalue weighted by atomic mass is 10.0. The molecule has 23 heavy (non-hydrogen) atoms. The highest BCUT2D eigenvalue weighted by Crippen LogP contribution is 2.38. The van der Waals surface area contributed by atoms with Gasteiger partial charge in [-0.15, -0.1) is 0 Å². The number of aliphatic hydroxyl groups is 1. The van der Waals surface area contributed by atoms with E-state index >= 15 is 0 Å². The third-order valence-corrected chi connectivity index (χ3v) is 4.82. The number of rotatable bonds is 5. The second-order valence-corrected chi connectivity index (χ2v) is 6.24. The third kappa shape index (κ3) is 2.96. The summed E-state index contributed by atoms with van der Waals surface area (Å²) in [5.74, 6) is 0. The quantitative estimate of drug-likeness (QED) is 0.822. The maximum atomic E-state index is 9.20. The van der Waals surface area contributed by atoms with Crippen LogP contribution >= 0.6 is 12.2 Å². The molecule has 0 aliphatic carbocycles. The zero-order valence-corrected chi connectivity index (χ0v) is 14.3. The first-order chi connectivity index (χ1) is 11.1. The molecule has 1 aliphatic rings. The summed E-state index contributed by atoms with van der Waals surface area (Å²) in [5, 5.41) is 13.3. The highest BCUT2D eigenvalue weighted by Gasteiger charge is 2.40. The van der Waals surface area contributed by atoms with Crippen molar-refractivity contribution in [3.63, 3.8) is 0 Å². The van der Waals surface area contributed by atoms with Crippen LogP contribution in [0.3, 0.4) is 0 Å². The van der Waals surface area contributed by atoms with Gasteiger partial charge in [-0.25, -0.2) is 0 Å². The molecular formula is C17H22N4OS. The fraction of sp³-hybridized carbons (Fsp3) is 0.412. The van der Waals surface area contributed by atoms with Gasteiger partial charge in [0.25, 0.3) is 0 Å². The number of nitrogens with zero attached hydrogens (tertiary/aromatic N) is 3. The molecule has 2 N–H and O–H groups in total. The Hall–Kier alpha value is -1.92. The topological polar surface area (TPSA) is 53.3 Å². The van der Waals surface area contributed by atoms with Gasteiger partial charge in [0, 0.05) is 37.8 Å². The standard InChI is InChI=1S/C17H22N4OS/c1-12-7-8-14(20(12)2)16-15(13-6-3-4-9-18-13)19-17(23)21(16)10-5-11-22/h3-4,6-9,15-16,22H,5,10-11H2,1-2H3,(H,19,23)/t15-,16+/m1/s1. The molecule has 1 fully saturated rings. The predicted molar refractivity (Wildman–Crippen MR) is 94.0 cm³/mol. The molecule has 0 radical (unpaired) electrons. The second-order valence-electron chi connectivity index (χ2n) is 5.86. The molecule has 0 bridgehead atoms. The van der Waals surface area contributed by atoms with Gasteiger partial charge in [-0.3, -0.25) is 4.98 Å². The Balaban J connectivity index is 2.01. The summed E-state index contributed by atoms with van der Waals surface area (Å²) >= 11 is 5.55. The molecule has 2 atom stereocenters. The van der Waals surface area contributed by atoms with Crippen LogP contribution in [0.25, 0.3) is 0 Å². The first-order valence-corrected chi connectivity index (χ1v) is 8.25. The van der Waals surface area contributed by atoms with Gasteiger partial charge in [0.15, 0.2) is 5.11 Å². The Bertz CT molecular complexity index is 685. The maximum Gasteiger partial charge on any atom is 0.170 e. The molecule has 122 valence electrons. The van der Waals surface area contributed by atoms with E-state index in [4.69, 9.17) is 12.2 Å². The lowest BCUT2D eigenvalue weighted by molar-refractivity contribution is 0.244. The SMILES string of the molecule is Cc1ccc([C@H]2[C@@H](c3ccccn3)NC(=S)N2CCCO)n1C. The summed E-state index contributed by atoms with van der Waals surface area (Å²) in [6.07, 6.45) is 2.50. The van der Waals surface area contributed by atoms with Crippen molar-refractivity contribution in [2.24, 2.45) is 7.05 Å². The number of pyridine rings is 1. The van der Waals surface area contributed by atoms with E-state index in [1.807, 2.05) is 24.4 Å². The molecule has 3 rings (SSSR count). The van der Waals surface area contributed by atoms with Crippen LogP contribution in [0.5, 0.6) is 0 Å². The van der Waals surface area contributed by atoms with E-state index in [0.717, 1.165) is 17.4 Å². The second kappa shape index (κ2) is 6.68. The zero-order chi connectivity index (χ0) is 16.4. The van der Waals surface area contributed by atoms with E-state index in [9.17, 15) is 5.11 Å². The van der Waals surface area contributed by atoms with E-state index in [2.05, 4.69) is 45.9 Å². The normalized spacial score (nSPS) is 20.8. The van der Waals surface area contributed by atoms with Crippen molar-refractivity contribution in [1.82, 2.24) is 19.8 Å². The average molecular weight is 330 g/mol. The fourth-order valence-corrected chi connectivity index (χ4v) is 3.47. The minimum absolute atomic E-state index is 0.00962. The van der Waals surface area contributed by atoms with Gasteiger partial charge in [0.1, 0.15) is 0 Å². The number of aromatic nitrogens is 2. The van der Waals surface area contributed by atoms with Crippen LogP contribution < -0.4 is 5.32 Å². The molecular weight excluding hydrogens is 308 g/mol. The third-order valence-electron chi connectivity index (χ3n) is 4.47. The van der Waals surface area contributed by atoms with Gasteiger partial charge < -0.3 is 19.9 Å². The van der Waals surface area contributed by atoms with E-state index in [1.165, 1.54) is 11.4 Å². The predicted octanol–water partition coefficient (Wildman–Crippen LogP) is 2.08. The van der Waals surface area contributed by atoms with Gasteiger partial charge >= 0.3 is 0 Å². The minimum Gasteiger partial charge on any atom is -0.396 e. The van der Waals surface area contributed by atoms with Crippen LogP contribution in [-0.2, 0) is 7.05 Å². The van der Waals surface area contributed by atoms with Gasteiger partial charge in [0.2, 0.25) is 0 Å². The fourth-order valence-electron chi connectivity index (χ4n) is 3.14. The molecule has 2 aromatic rings. The van der Waals surface area contributed by atoms with E-state index in [0.29, 0.717) is 6.42 Å². The molecule has 6 heteroatoms. The molecule has 1 saturated heterocycles. The van der Waals surface area contributed by atoms with Crippen LogP contribution in [0.2, 0.25) is 0 Å². The smallest absolute Gasteiger partial charge is 0.170 e. The van der Waals surface area contributed by atoms with Gasteiger partial charge in [0.05, 0.1) is 17.8 Å².